The Morgan fingerprint density at radius 2 is 0.881 bits per heavy atom. The second kappa shape index (κ2) is 38.8. The summed E-state index contributed by atoms with van der Waals surface area (Å²) in [4.78, 5) is 13.1. The molecule has 0 radical (unpaired) electrons. The highest BCUT2D eigenvalue weighted by atomic mass is 16.7. The Morgan fingerprint density at radius 1 is 0.525 bits per heavy atom. The highest BCUT2D eigenvalue weighted by Crippen LogP contribution is 2.23. The van der Waals surface area contributed by atoms with Crippen LogP contribution in [0.3, 0.4) is 0 Å². The lowest BCUT2D eigenvalue weighted by Gasteiger charge is -2.40. The number of ether oxygens (including phenoxy) is 2. The zero-order valence-corrected chi connectivity index (χ0v) is 38.0. The topological polar surface area (TPSA) is 189 Å². The van der Waals surface area contributed by atoms with Crippen LogP contribution >= 0.6 is 0 Å². The van der Waals surface area contributed by atoms with Gasteiger partial charge in [-0.05, 0) is 12.8 Å². The molecule has 1 fully saturated rings. The molecule has 8 N–H and O–H groups in total. The number of unbranched alkanes of at least 4 members (excludes halogenated alkanes) is 30. The quantitative estimate of drug-likeness (QED) is 0.0276. The monoisotopic (exact) mass is 846 g/mol. The molecule has 352 valence electrons. The first-order valence-electron chi connectivity index (χ1n) is 24.9. The third-order valence-electron chi connectivity index (χ3n) is 12.4. The molecule has 0 aromatic rings. The molecule has 1 aliphatic heterocycles. The van der Waals surface area contributed by atoms with Gasteiger partial charge in [-0.15, -0.1) is 0 Å². The van der Waals surface area contributed by atoms with E-state index < -0.39 is 74.2 Å². The zero-order chi connectivity index (χ0) is 43.4. The van der Waals surface area contributed by atoms with Crippen LogP contribution in [0.2, 0.25) is 0 Å². The smallest absolute Gasteiger partial charge is 0.249 e. The third-order valence-corrected chi connectivity index (χ3v) is 12.4. The van der Waals surface area contributed by atoms with Crippen molar-refractivity contribution in [3.05, 3.63) is 0 Å². The molecule has 1 aliphatic rings. The van der Waals surface area contributed by atoms with Gasteiger partial charge in [-0.2, -0.15) is 0 Å². The largest absolute Gasteiger partial charge is 0.394 e. The minimum Gasteiger partial charge on any atom is -0.394 e. The molecule has 11 nitrogen and oxygen atoms in total. The van der Waals surface area contributed by atoms with Gasteiger partial charge in [-0.3, -0.25) is 4.79 Å². The van der Waals surface area contributed by atoms with Crippen molar-refractivity contribution < 1.29 is 50.0 Å². The molecule has 0 bridgehead atoms. The molecule has 0 aromatic heterocycles. The van der Waals surface area contributed by atoms with E-state index in [4.69, 9.17) is 9.47 Å². The van der Waals surface area contributed by atoms with E-state index in [1.54, 1.807) is 0 Å². The summed E-state index contributed by atoms with van der Waals surface area (Å²) in [6.45, 7) is 3.45. The lowest BCUT2D eigenvalue weighted by Crippen LogP contribution is -2.60. The van der Waals surface area contributed by atoms with Crippen molar-refractivity contribution in [2.75, 3.05) is 13.2 Å². The van der Waals surface area contributed by atoms with Gasteiger partial charge < -0.3 is 50.5 Å². The second-order valence-corrected chi connectivity index (χ2v) is 17.9. The lowest BCUT2D eigenvalue weighted by atomic mass is 9.98. The third kappa shape index (κ3) is 28.4. The number of hydrogen-bond acceptors (Lipinski definition) is 10. The molecule has 0 saturated carbocycles. The van der Waals surface area contributed by atoms with Gasteiger partial charge in [0.25, 0.3) is 0 Å². The van der Waals surface area contributed by atoms with Crippen molar-refractivity contribution in [1.29, 1.82) is 0 Å². The van der Waals surface area contributed by atoms with Crippen LogP contribution in [0.15, 0.2) is 0 Å². The predicted molar refractivity (Wildman–Crippen MR) is 238 cm³/mol. The number of rotatable bonds is 42. The van der Waals surface area contributed by atoms with E-state index in [9.17, 15) is 40.5 Å². The van der Waals surface area contributed by atoms with Crippen LogP contribution in [0.5, 0.6) is 0 Å². The zero-order valence-electron chi connectivity index (χ0n) is 38.0. The van der Waals surface area contributed by atoms with Crippen molar-refractivity contribution in [3.63, 3.8) is 0 Å². The predicted octanol–water partition coefficient (Wildman–Crippen LogP) is 8.67. The fourth-order valence-electron chi connectivity index (χ4n) is 8.27. The fraction of sp³-hybridized carbons (Fsp3) is 0.979. The van der Waals surface area contributed by atoms with E-state index in [2.05, 4.69) is 19.2 Å². The van der Waals surface area contributed by atoms with Crippen molar-refractivity contribution in [2.45, 2.75) is 287 Å². The second-order valence-electron chi connectivity index (χ2n) is 17.9. The molecule has 1 saturated heterocycles. The summed E-state index contributed by atoms with van der Waals surface area (Å²) in [5, 5.41) is 75.7. The van der Waals surface area contributed by atoms with Crippen LogP contribution in [0.25, 0.3) is 0 Å². The molecule has 11 heteroatoms. The Hall–Kier alpha value is -0.890. The number of nitrogens with one attached hydrogen (secondary N) is 1. The van der Waals surface area contributed by atoms with Crippen molar-refractivity contribution >= 4 is 5.91 Å². The first-order valence-corrected chi connectivity index (χ1v) is 24.9. The van der Waals surface area contributed by atoms with Crippen LogP contribution < -0.4 is 5.32 Å². The SMILES string of the molecule is CCCCCCCCCCCCCCCCCCCCCCCC(O)C(O)C(COC1OC(CO)C(O)C(O)C1O)NC(=O)C(O)CCCCCCCCCCCCC. The Balaban J connectivity index is 2.36. The Labute approximate surface area is 360 Å². The standard InChI is InChI=1S/C48H95NO10/c1-3-5-7-9-11-13-15-16-17-18-19-20-21-22-23-24-26-27-29-31-33-35-40(51)43(53)39(38-58-48-46(56)45(55)44(54)42(37-50)59-48)49-47(57)41(52)36-34-32-30-28-25-14-12-10-8-6-4-2/h39-46,48,50-56H,3-38H2,1-2H3,(H,49,57). The van der Waals surface area contributed by atoms with Crippen molar-refractivity contribution in [1.82, 2.24) is 5.32 Å². The van der Waals surface area contributed by atoms with Crippen LogP contribution in [-0.4, -0.2) is 110 Å². The van der Waals surface area contributed by atoms with E-state index in [1.807, 2.05) is 0 Å². The van der Waals surface area contributed by atoms with E-state index in [1.165, 1.54) is 154 Å². The summed E-state index contributed by atoms with van der Waals surface area (Å²) in [6.07, 6.45) is 28.7. The summed E-state index contributed by atoms with van der Waals surface area (Å²) in [5.74, 6) is -0.695. The number of carbonyl (C=O) groups is 1. The molecular weight excluding hydrogens is 751 g/mol. The van der Waals surface area contributed by atoms with Crippen LogP contribution in [-0.2, 0) is 14.3 Å². The fourth-order valence-corrected chi connectivity index (χ4v) is 8.27. The molecule has 0 spiro atoms. The van der Waals surface area contributed by atoms with Gasteiger partial charge in [0, 0.05) is 0 Å². The van der Waals surface area contributed by atoms with Gasteiger partial charge >= 0.3 is 0 Å². The molecule has 9 atom stereocenters. The molecule has 59 heavy (non-hydrogen) atoms. The summed E-state index contributed by atoms with van der Waals surface area (Å²) in [5.41, 5.74) is 0. The molecule has 1 rings (SSSR count). The maximum absolute atomic E-state index is 13.1. The average molecular weight is 846 g/mol. The molecular formula is C48H95NO10. The summed E-state index contributed by atoms with van der Waals surface area (Å²) < 4.78 is 11.1. The number of hydrogen-bond donors (Lipinski definition) is 8. The maximum atomic E-state index is 13.1. The van der Waals surface area contributed by atoms with Gasteiger partial charge in [0.1, 0.15) is 36.6 Å². The Kier molecular flexibility index (Phi) is 36.9. The summed E-state index contributed by atoms with van der Waals surface area (Å²) in [7, 11) is 0. The van der Waals surface area contributed by atoms with Crippen LogP contribution in [0.1, 0.15) is 232 Å². The molecule has 0 aliphatic carbocycles. The average Bonchev–Trinajstić information content (AvgIpc) is 3.23. The van der Waals surface area contributed by atoms with Gasteiger partial charge in [0.15, 0.2) is 6.29 Å². The molecule has 1 amide bonds. The number of carbonyl (C=O) groups excluding carboxylic acids is 1. The number of amides is 1. The first-order chi connectivity index (χ1) is 28.7. The normalized spacial score (nSPS) is 21.7. The van der Waals surface area contributed by atoms with Crippen LogP contribution in [0, 0.1) is 0 Å². The van der Waals surface area contributed by atoms with Gasteiger partial charge in [0.05, 0.1) is 25.4 Å². The first kappa shape index (κ1) is 56.1. The minimum absolute atomic E-state index is 0.265. The molecule has 9 unspecified atom stereocenters. The highest BCUT2D eigenvalue weighted by Gasteiger charge is 2.44. The van der Waals surface area contributed by atoms with E-state index in [-0.39, 0.29) is 6.42 Å². The van der Waals surface area contributed by atoms with E-state index >= 15 is 0 Å². The summed E-state index contributed by atoms with van der Waals surface area (Å²) >= 11 is 0. The minimum atomic E-state index is -1.66. The molecule has 0 aromatic carbocycles. The van der Waals surface area contributed by atoms with Crippen molar-refractivity contribution in [3.8, 4) is 0 Å². The van der Waals surface area contributed by atoms with Crippen LogP contribution in [0.4, 0.5) is 0 Å². The van der Waals surface area contributed by atoms with E-state index in [0.717, 1.165) is 38.5 Å². The lowest BCUT2D eigenvalue weighted by molar-refractivity contribution is -0.303. The number of aliphatic hydroxyl groups is 7. The summed E-state index contributed by atoms with van der Waals surface area (Å²) in [6, 6.07) is -1.16. The van der Waals surface area contributed by atoms with Gasteiger partial charge in [-0.25, -0.2) is 0 Å². The van der Waals surface area contributed by atoms with E-state index in [0.29, 0.717) is 19.3 Å². The Morgan fingerprint density at radius 3 is 1.25 bits per heavy atom. The number of aliphatic hydroxyl groups excluding tert-OH is 7. The maximum Gasteiger partial charge on any atom is 0.249 e. The molecule has 1 heterocycles. The van der Waals surface area contributed by atoms with Gasteiger partial charge in [0.2, 0.25) is 5.91 Å². The highest BCUT2D eigenvalue weighted by molar-refractivity contribution is 5.80. The van der Waals surface area contributed by atoms with Gasteiger partial charge in [-0.1, -0.05) is 219 Å². The Bertz CT molecular complexity index is 928. The van der Waals surface area contributed by atoms with Crippen molar-refractivity contribution in [2.24, 2.45) is 0 Å².